The summed E-state index contributed by atoms with van der Waals surface area (Å²) in [4.78, 5) is 33.3. The maximum Gasteiger partial charge on any atom is 0.268 e. The minimum absolute atomic E-state index is 0.0242. The van der Waals surface area contributed by atoms with E-state index in [0.717, 1.165) is 48.5 Å². The first kappa shape index (κ1) is 19.6. The number of benzene rings is 1. The predicted molar refractivity (Wildman–Crippen MR) is 114 cm³/mol. The van der Waals surface area contributed by atoms with Gasteiger partial charge in [-0.2, -0.15) is 0 Å². The highest BCUT2D eigenvalue weighted by atomic mass is 32.2. The van der Waals surface area contributed by atoms with Gasteiger partial charge in [0.15, 0.2) is 5.16 Å². The molecule has 148 valence electrons. The van der Waals surface area contributed by atoms with E-state index in [9.17, 15) is 9.59 Å². The Morgan fingerprint density at radius 1 is 1.21 bits per heavy atom. The molecule has 0 saturated carbocycles. The smallest absolute Gasteiger partial charge is 0.268 e. The lowest BCUT2D eigenvalue weighted by molar-refractivity contribution is -0.129. The number of hydrogen-bond acceptors (Lipinski definition) is 5. The van der Waals surface area contributed by atoms with Gasteiger partial charge in [0.05, 0.1) is 22.9 Å². The van der Waals surface area contributed by atoms with Gasteiger partial charge in [-0.1, -0.05) is 49.0 Å². The topological polar surface area (TPSA) is 55.2 Å². The second-order valence-corrected chi connectivity index (χ2v) is 9.80. The first-order chi connectivity index (χ1) is 13.6. The average molecular weight is 416 g/mol. The molecule has 2 aliphatic heterocycles. The van der Waals surface area contributed by atoms with Crippen LogP contribution in [0.5, 0.6) is 0 Å². The van der Waals surface area contributed by atoms with Gasteiger partial charge in [0, 0.05) is 24.8 Å². The molecule has 1 atom stereocenters. The molecule has 1 amide bonds. The number of hydrogen-bond donors (Lipinski definition) is 0. The number of aromatic nitrogens is 2. The van der Waals surface area contributed by atoms with E-state index < -0.39 is 0 Å². The second kappa shape index (κ2) is 8.74. The summed E-state index contributed by atoms with van der Waals surface area (Å²) < 4.78 is 1.74. The Bertz CT molecular complexity index is 908. The fraction of sp³-hybridized carbons (Fsp3) is 0.476. The van der Waals surface area contributed by atoms with Crippen LogP contribution in [0.25, 0.3) is 0 Å². The number of rotatable bonds is 5. The summed E-state index contributed by atoms with van der Waals surface area (Å²) in [6.07, 6.45) is 4.19. The van der Waals surface area contributed by atoms with Gasteiger partial charge in [0.25, 0.3) is 5.56 Å². The fourth-order valence-electron chi connectivity index (χ4n) is 3.71. The van der Waals surface area contributed by atoms with E-state index in [4.69, 9.17) is 4.98 Å². The van der Waals surface area contributed by atoms with Crippen molar-refractivity contribution in [3.8, 4) is 0 Å². The third kappa shape index (κ3) is 4.30. The van der Waals surface area contributed by atoms with Gasteiger partial charge in [-0.05, 0) is 24.8 Å². The van der Waals surface area contributed by atoms with E-state index >= 15 is 0 Å². The number of carbonyl (C=O) groups is 1. The van der Waals surface area contributed by atoms with E-state index in [0.29, 0.717) is 22.7 Å². The van der Waals surface area contributed by atoms with E-state index in [1.165, 1.54) is 18.2 Å². The molecule has 1 saturated heterocycles. The molecule has 1 unspecified atom stereocenters. The third-order valence-corrected chi connectivity index (χ3v) is 7.36. The lowest BCUT2D eigenvalue weighted by Gasteiger charge is -2.26. The quantitative estimate of drug-likeness (QED) is 0.553. The molecular formula is C21H25N3O2S2. The number of nitrogens with zero attached hydrogens (tertiary/aromatic N) is 3. The number of piperidine rings is 1. The molecule has 28 heavy (non-hydrogen) atoms. The molecule has 1 fully saturated rings. The highest BCUT2D eigenvalue weighted by Crippen LogP contribution is 2.34. The van der Waals surface area contributed by atoms with Crippen molar-refractivity contribution >= 4 is 29.4 Å². The van der Waals surface area contributed by atoms with Crippen LogP contribution in [0.3, 0.4) is 0 Å². The zero-order chi connectivity index (χ0) is 19.5. The van der Waals surface area contributed by atoms with Crippen LogP contribution in [0.4, 0.5) is 0 Å². The maximum atomic E-state index is 13.2. The Kier molecular flexibility index (Phi) is 6.11. The zero-order valence-corrected chi connectivity index (χ0v) is 17.7. The summed E-state index contributed by atoms with van der Waals surface area (Å²) in [5.41, 5.74) is 1.97. The predicted octanol–water partition coefficient (Wildman–Crippen LogP) is 3.43. The molecule has 5 nitrogen and oxygen atoms in total. The van der Waals surface area contributed by atoms with Crippen molar-refractivity contribution in [2.75, 3.05) is 18.8 Å². The summed E-state index contributed by atoms with van der Waals surface area (Å²) in [7, 11) is 0. The molecule has 0 N–H and O–H groups in total. The van der Waals surface area contributed by atoms with Gasteiger partial charge in [-0.25, -0.2) is 4.98 Å². The Morgan fingerprint density at radius 3 is 2.71 bits per heavy atom. The molecule has 1 aromatic heterocycles. The van der Waals surface area contributed by atoms with Crippen molar-refractivity contribution < 1.29 is 4.79 Å². The normalized spacial score (nSPS) is 18.9. The molecule has 2 aliphatic rings. The van der Waals surface area contributed by atoms with Gasteiger partial charge in [0.2, 0.25) is 5.91 Å². The van der Waals surface area contributed by atoms with Crippen molar-refractivity contribution in [1.82, 2.24) is 14.5 Å². The molecule has 0 aliphatic carbocycles. The SMILES string of the molecule is CC1Cc2nc(SCC(=O)N3CCCCC3)n(Cc3ccccc3)c(=O)c2S1. The molecule has 0 spiro atoms. The van der Waals surface area contributed by atoms with Gasteiger partial charge in [0.1, 0.15) is 0 Å². The molecule has 3 heterocycles. The number of likely N-dealkylation sites (tertiary alicyclic amines) is 1. The summed E-state index contributed by atoms with van der Waals surface area (Å²) in [6.45, 7) is 4.30. The van der Waals surface area contributed by atoms with Crippen molar-refractivity contribution in [3.05, 3.63) is 51.9 Å². The van der Waals surface area contributed by atoms with Crippen LogP contribution >= 0.6 is 23.5 Å². The van der Waals surface area contributed by atoms with Gasteiger partial charge < -0.3 is 4.90 Å². The Morgan fingerprint density at radius 2 is 1.96 bits per heavy atom. The highest BCUT2D eigenvalue weighted by Gasteiger charge is 2.27. The average Bonchev–Trinajstić information content (AvgIpc) is 3.10. The summed E-state index contributed by atoms with van der Waals surface area (Å²) >= 11 is 3.02. The monoisotopic (exact) mass is 415 g/mol. The van der Waals surface area contributed by atoms with Crippen molar-refractivity contribution in [2.24, 2.45) is 0 Å². The van der Waals surface area contributed by atoms with Crippen molar-refractivity contribution in [3.63, 3.8) is 0 Å². The number of fused-ring (bicyclic) bond motifs is 1. The van der Waals surface area contributed by atoms with Crippen molar-refractivity contribution in [2.45, 2.75) is 54.5 Å². The summed E-state index contributed by atoms with van der Waals surface area (Å²) in [5.74, 6) is 0.483. The lowest BCUT2D eigenvalue weighted by atomic mass is 10.1. The Hall–Kier alpha value is -1.73. The summed E-state index contributed by atoms with van der Waals surface area (Å²) in [6, 6.07) is 9.96. The zero-order valence-electron chi connectivity index (χ0n) is 16.1. The van der Waals surface area contributed by atoms with Crippen LogP contribution in [0, 0.1) is 0 Å². The Labute approximate surface area is 173 Å². The molecular weight excluding hydrogens is 390 g/mol. The molecule has 0 bridgehead atoms. The molecule has 2 aromatic rings. The van der Waals surface area contributed by atoms with Crippen LogP contribution in [0.1, 0.15) is 37.4 Å². The minimum Gasteiger partial charge on any atom is -0.342 e. The Balaban J connectivity index is 1.59. The second-order valence-electron chi connectivity index (χ2n) is 7.41. The third-order valence-electron chi connectivity index (χ3n) is 5.18. The van der Waals surface area contributed by atoms with E-state index in [1.807, 2.05) is 35.2 Å². The number of carbonyl (C=O) groups excluding carboxylic acids is 1. The summed E-state index contributed by atoms with van der Waals surface area (Å²) in [5, 5.41) is 1.03. The number of thioether (sulfide) groups is 2. The van der Waals surface area contributed by atoms with Crippen LogP contribution in [-0.2, 0) is 17.8 Å². The fourth-order valence-corrected chi connectivity index (χ4v) is 5.74. The van der Waals surface area contributed by atoms with Gasteiger partial charge in [-0.15, -0.1) is 11.8 Å². The highest BCUT2D eigenvalue weighted by molar-refractivity contribution is 8.00. The van der Waals surface area contributed by atoms with Crippen LogP contribution in [-0.4, -0.2) is 44.5 Å². The molecule has 1 aromatic carbocycles. The van der Waals surface area contributed by atoms with E-state index in [2.05, 4.69) is 6.92 Å². The first-order valence-corrected chi connectivity index (χ1v) is 11.7. The first-order valence-electron chi connectivity index (χ1n) is 9.86. The molecule has 0 radical (unpaired) electrons. The van der Waals surface area contributed by atoms with E-state index in [-0.39, 0.29) is 11.5 Å². The van der Waals surface area contributed by atoms with Crippen molar-refractivity contribution in [1.29, 1.82) is 0 Å². The molecule has 7 heteroatoms. The van der Waals surface area contributed by atoms with Crippen LogP contribution < -0.4 is 5.56 Å². The van der Waals surface area contributed by atoms with Crippen LogP contribution in [0.2, 0.25) is 0 Å². The largest absolute Gasteiger partial charge is 0.342 e. The number of amides is 1. The van der Waals surface area contributed by atoms with Gasteiger partial charge in [-0.3, -0.25) is 14.2 Å². The standard InChI is InChI=1S/C21H25N3O2S2/c1-15-12-17-19(28-15)20(26)24(13-16-8-4-2-5-9-16)21(22-17)27-14-18(25)23-10-6-3-7-11-23/h2,4-5,8-9,15H,3,6-7,10-14H2,1H3. The molecule has 4 rings (SSSR count). The van der Waals surface area contributed by atoms with E-state index in [1.54, 1.807) is 16.3 Å². The maximum absolute atomic E-state index is 13.2. The minimum atomic E-state index is 0.0242. The van der Waals surface area contributed by atoms with Gasteiger partial charge >= 0.3 is 0 Å². The lowest BCUT2D eigenvalue weighted by Crippen LogP contribution is -2.37. The van der Waals surface area contributed by atoms with Crippen LogP contribution in [0.15, 0.2) is 45.2 Å².